The molecule has 0 unspecified atom stereocenters. The molecule has 0 heterocycles. The minimum Gasteiger partial charge on any atom is -0.351 e. The first kappa shape index (κ1) is 20.4. The number of thioether (sulfide) groups is 1. The van der Waals surface area contributed by atoms with Crippen LogP contribution in [0.3, 0.4) is 0 Å². The van der Waals surface area contributed by atoms with Crippen LogP contribution < -0.4 is 5.32 Å². The van der Waals surface area contributed by atoms with Crippen molar-refractivity contribution in [1.29, 1.82) is 0 Å². The monoisotopic (exact) mass is 399 g/mol. The summed E-state index contributed by atoms with van der Waals surface area (Å²) in [5.74, 6) is -0.318. The van der Waals surface area contributed by atoms with Crippen molar-refractivity contribution in [2.75, 3.05) is 18.1 Å². The van der Waals surface area contributed by atoms with E-state index in [2.05, 4.69) is 17.3 Å². The summed E-state index contributed by atoms with van der Waals surface area (Å²) in [6.07, 6.45) is 6.07. The number of nitrogens with one attached hydrogen (secondary N) is 1. The van der Waals surface area contributed by atoms with Crippen LogP contribution in [0.15, 0.2) is 59.6 Å². The summed E-state index contributed by atoms with van der Waals surface area (Å²) in [5, 5.41) is 3.59. The molecule has 148 valence electrons. The highest BCUT2D eigenvalue weighted by atomic mass is 32.2. The molecule has 1 aliphatic carbocycles. The van der Waals surface area contributed by atoms with Crippen LogP contribution >= 0.6 is 11.8 Å². The Bertz CT molecular complexity index is 806. The van der Waals surface area contributed by atoms with Gasteiger partial charge >= 0.3 is 0 Å². The zero-order chi connectivity index (χ0) is 19.8. The summed E-state index contributed by atoms with van der Waals surface area (Å²) in [6, 6.07) is 16.2. The molecule has 0 radical (unpaired) electrons. The molecule has 3 rings (SSSR count). The highest BCUT2D eigenvalue weighted by Crippen LogP contribution is 2.26. The molecule has 1 N–H and O–H groups in total. The largest absolute Gasteiger partial charge is 0.351 e. The Morgan fingerprint density at radius 3 is 2.61 bits per heavy atom. The first-order valence-corrected chi connectivity index (χ1v) is 10.6. The van der Waals surface area contributed by atoms with E-state index in [1.165, 1.54) is 43.2 Å². The Hall–Kier alpha value is -2.34. The lowest BCUT2D eigenvalue weighted by atomic mass is 9.95. The van der Waals surface area contributed by atoms with Gasteiger partial charge in [0.2, 0.25) is 5.91 Å². The van der Waals surface area contributed by atoms with Crippen LogP contribution in [0.2, 0.25) is 0 Å². The molecule has 0 atom stereocenters. The van der Waals surface area contributed by atoms with Gasteiger partial charge in [-0.15, -0.1) is 0 Å². The van der Waals surface area contributed by atoms with E-state index in [9.17, 15) is 9.18 Å². The number of nitrogens with zero attached hydrogens (tertiary/aromatic N) is 2. The van der Waals surface area contributed by atoms with Crippen molar-refractivity contribution in [3.63, 3.8) is 0 Å². The number of aliphatic imine (C=N–C) groups is 1. The van der Waals surface area contributed by atoms with E-state index in [1.54, 1.807) is 12.1 Å². The predicted octanol–water partition coefficient (Wildman–Crippen LogP) is 5.45. The van der Waals surface area contributed by atoms with Gasteiger partial charge in [0.25, 0.3) is 0 Å². The molecule has 4 nitrogen and oxygen atoms in total. The quantitative estimate of drug-likeness (QED) is 0.537. The van der Waals surface area contributed by atoms with E-state index >= 15 is 0 Å². The second kappa shape index (κ2) is 10.3. The maximum Gasteiger partial charge on any atom is 0.234 e. The van der Waals surface area contributed by atoms with Crippen molar-refractivity contribution in [1.82, 2.24) is 4.90 Å². The molecule has 0 bridgehead atoms. The molecule has 2 aromatic carbocycles. The molecular formula is C22H26FN3OS. The van der Waals surface area contributed by atoms with Crippen molar-refractivity contribution in [2.45, 2.75) is 38.1 Å². The van der Waals surface area contributed by atoms with Gasteiger partial charge in [0, 0.05) is 18.8 Å². The van der Waals surface area contributed by atoms with Gasteiger partial charge in [0.1, 0.15) is 5.82 Å². The van der Waals surface area contributed by atoms with Gasteiger partial charge in [-0.05, 0) is 43.2 Å². The van der Waals surface area contributed by atoms with E-state index in [0.29, 0.717) is 11.7 Å². The van der Waals surface area contributed by atoms with Crippen LogP contribution in [0.4, 0.5) is 15.8 Å². The summed E-state index contributed by atoms with van der Waals surface area (Å²) in [6.45, 7) is 0. The fourth-order valence-corrected chi connectivity index (χ4v) is 4.20. The smallest absolute Gasteiger partial charge is 0.234 e. The lowest BCUT2D eigenvalue weighted by Gasteiger charge is -2.33. The molecule has 0 aliphatic heterocycles. The Balaban J connectivity index is 1.68. The van der Waals surface area contributed by atoms with Crippen molar-refractivity contribution in [3.05, 3.63) is 60.4 Å². The summed E-state index contributed by atoms with van der Waals surface area (Å²) < 4.78 is 13.3. The number of para-hydroxylation sites is 1. The van der Waals surface area contributed by atoms with Gasteiger partial charge < -0.3 is 10.2 Å². The number of carbonyl (C=O) groups is 1. The number of benzene rings is 2. The SMILES string of the molecule is CN(C(=Nc1ccccc1)SCC(=O)Nc1cccc(F)c1)C1CCCCC1. The van der Waals surface area contributed by atoms with Crippen LogP contribution in [0.1, 0.15) is 32.1 Å². The molecule has 28 heavy (non-hydrogen) atoms. The summed E-state index contributed by atoms with van der Waals surface area (Å²) in [5.41, 5.74) is 1.34. The van der Waals surface area contributed by atoms with Gasteiger partial charge in [0.15, 0.2) is 5.17 Å². The van der Waals surface area contributed by atoms with E-state index in [-0.39, 0.29) is 17.5 Å². The van der Waals surface area contributed by atoms with E-state index in [1.807, 2.05) is 30.3 Å². The molecule has 0 saturated heterocycles. The molecular weight excluding hydrogens is 373 g/mol. The fraction of sp³-hybridized carbons (Fsp3) is 0.364. The van der Waals surface area contributed by atoms with E-state index in [4.69, 9.17) is 4.99 Å². The number of amidine groups is 1. The van der Waals surface area contributed by atoms with E-state index in [0.717, 1.165) is 23.7 Å². The molecule has 1 aliphatic rings. The highest BCUT2D eigenvalue weighted by molar-refractivity contribution is 8.14. The zero-order valence-electron chi connectivity index (χ0n) is 16.1. The maximum absolute atomic E-state index is 13.3. The molecule has 1 fully saturated rings. The molecule has 0 spiro atoms. The van der Waals surface area contributed by atoms with Crippen molar-refractivity contribution >= 4 is 34.2 Å². The number of anilines is 1. The first-order valence-electron chi connectivity index (χ1n) is 9.66. The number of amides is 1. The summed E-state index contributed by atoms with van der Waals surface area (Å²) >= 11 is 1.42. The van der Waals surface area contributed by atoms with Gasteiger partial charge in [-0.1, -0.05) is 55.3 Å². The zero-order valence-corrected chi connectivity index (χ0v) is 16.9. The Morgan fingerprint density at radius 1 is 1.14 bits per heavy atom. The first-order chi connectivity index (χ1) is 13.6. The summed E-state index contributed by atoms with van der Waals surface area (Å²) in [4.78, 5) is 19.4. The van der Waals surface area contributed by atoms with Gasteiger partial charge in [-0.2, -0.15) is 0 Å². The Labute approximate surface area is 170 Å². The van der Waals surface area contributed by atoms with Gasteiger partial charge in [-0.3, -0.25) is 4.79 Å². The topological polar surface area (TPSA) is 44.7 Å². The molecule has 1 amide bonds. The number of halogens is 1. The second-order valence-electron chi connectivity index (χ2n) is 6.98. The maximum atomic E-state index is 13.3. The third kappa shape index (κ3) is 6.09. The molecule has 6 heteroatoms. The second-order valence-corrected chi connectivity index (χ2v) is 7.92. The molecule has 0 aromatic heterocycles. The number of rotatable bonds is 5. The molecule has 1 saturated carbocycles. The average Bonchev–Trinajstić information content (AvgIpc) is 2.72. The molecule has 2 aromatic rings. The number of carbonyl (C=O) groups excluding carboxylic acids is 1. The standard InChI is InChI=1S/C22H26FN3OS/c1-26(20-13-6-3-7-14-20)22(25-18-10-4-2-5-11-18)28-16-21(27)24-19-12-8-9-17(23)15-19/h2,4-5,8-12,15,20H,3,6-7,13-14,16H2,1H3,(H,24,27). The third-order valence-corrected chi connectivity index (χ3v) is 5.89. The number of hydrogen-bond donors (Lipinski definition) is 1. The van der Waals surface area contributed by atoms with Crippen LogP contribution in [-0.4, -0.2) is 34.8 Å². The van der Waals surface area contributed by atoms with Crippen molar-refractivity contribution in [2.24, 2.45) is 4.99 Å². The lowest BCUT2D eigenvalue weighted by Crippen LogP contribution is -2.37. The van der Waals surface area contributed by atoms with Crippen LogP contribution in [0.25, 0.3) is 0 Å². The number of hydrogen-bond acceptors (Lipinski definition) is 3. The predicted molar refractivity (Wildman–Crippen MR) is 116 cm³/mol. The third-order valence-electron chi connectivity index (χ3n) is 4.85. The van der Waals surface area contributed by atoms with Crippen LogP contribution in [-0.2, 0) is 4.79 Å². The van der Waals surface area contributed by atoms with Gasteiger partial charge in [0.05, 0.1) is 11.4 Å². The normalized spacial score (nSPS) is 15.3. The van der Waals surface area contributed by atoms with Crippen molar-refractivity contribution < 1.29 is 9.18 Å². The van der Waals surface area contributed by atoms with Crippen LogP contribution in [0, 0.1) is 5.82 Å². The Morgan fingerprint density at radius 2 is 1.89 bits per heavy atom. The lowest BCUT2D eigenvalue weighted by molar-refractivity contribution is -0.113. The minimum atomic E-state index is -0.367. The van der Waals surface area contributed by atoms with E-state index < -0.39 is 0 Å². The fourth-order valence-electron chi connectivity index (χ4n) is 3.34. The van der Waals surface area contributed by atoms with Gasteiger partial charge in [-0.25, -0.2) is 9.38 Å². The Kier molecular flexibility index (Phi) is 7.48. The summed E-state index contributed by atoms with van der Waals surface area (Å²) in [7, 11) is 2.06. The highest BCUT2D eigenvalue weighted by Gasteiger charge is 2.22. The average molecular weight is 400 g/mol. The van der Waals surface area contributed by atoms with Crippen molar-refractivity contribution in [3.8, 4) is 0 Å². The minimum absolute atomic E-state index is 0.173. The van der Waals surface area contributed by atoms with Crippen LogP contribution in [0.5, 0.6) is 0 Å².